The smallest absolute Gasteiger partial charge is 0.138 e. The molecule has 0 amide bonds. The summed E-state index contributed by atoms with van der Waals surface area (Å²) in [6, 6.07) is 0. The monoisotopic (exact) mass is 295 g/mol. The van der Waals surface area contributed by atoms with Crippen LogP contribution < -0.4 is 5.32 Å². The van der Waals surface area contributed by atoms with Gasteiger partial charge in [-0.15, -0.1) is 0 Å². The molecule has 1 atom stereocenters. The first-order valence-electron chi connectivity index (χ1n) is 8.76. The van der Waals surface area contributed by atoms with Crippen LogP contribution in [-0.2, 0) is 14.3 Å². The van der Waals surface area contributed by atoms with E-state index in [2.05, 4.69) is 5.32 Å². The van der Waals surface area contributed by atoms with Crippen LogP contribution in [0.4, 0.5) is 0 Å². The lowest BCUT2D eigenvalue weighted by atomic mass is 9.82. The summed E-state index contributed by atoms with van der Waals surface area (Å²) >= 11 is 0. The van der Waals surface area contributed by atoms with Crippen molar-refractivity contribution in [2.45, 2.75) is 69.5 Å². The number of ketones is 1. The van der Waals surface area contributed by atoms with Crippen molar-refractivity contribution in [1.82, 2.24) is 5.32 Å². The molecule has 1 saturated carbocycles. The summed E-state index contributed by atoms with van der Waals surface area (Å²) < 4.78 is 11.9. The molecular weight excluding hydrogens is 266 g/mol. The first-order chi connectivity index (χ1) is 10.3. The van der Waals surface area contributed by atoms with Gasteiger partial charge in [0.05, 0.1) is 18.3 Å². The predicted octanol–water partition coefficient (Wildman–Crippen LogP) is 2.45. The molecule has 1 aliphatic carbocycles. The zero-order valence-corrected chi connectivity index (χ0v) is 13.1. The lowest BCUT2D eigenvalue weighted by molar-refractivity contribution is -0.137. The van der Waals surface area contributed by atoms with Gasteiger partial charge in [0.25, 0.3) is 0 Å². The van der Waals surface area contributed by atoms with Gasteiger partial charge in [-0.05, 0) is 51.6 Å². The maximum Gasteiger partial charge on any atom is 0.138 e. The molecule has 3 aliphatic rings. The molecule has 0 bridgehead atoms. The van der Waals surface area contributed by atoms with Gasteiger partial charge in [-0.1, -0.05) is 12.8 Å². The van der Waals surface area contributed by atoms with E-state index >= 15 is 0 Å². The minimum absolute atomic E-state index is 0.0501. The number of rotatable bonds is 5. The highest BCUT2D eigenvalue weighted by molar-refractivity contribution is 5.81. The normalized spacial score (nSPS) is 29.8. The maximum atomic E-state index is 12.4. The van der Waals surface area contributed by atoms with E-state index in [-0.39, 0.29) is 11.5 Å². The molecule has 4 nitrogen and oxygen atoms in total. The van der Waals surface area contributed by atoms with E-state index in [0.29, 0.717) is 24.9 Å². The van der Waals surface area contributed by atoms with E-state index < -0.39 is 0 Å². The Bertz CT molecular complexity index is 346. The predicted molar refractivity (Wildman–Crippen MR) is 81.3 cm³/mol. The van der Waals surface area contributed by atoms with Gasteiger partial charge in [0.15, 0.2) is 0 Å². The molecule has 0 aromatic carbocycles. The molecule has 21 heavy (non-hydrogen) atoms. The van der Waals surface area contributed by atoms with E-state index in [9.17, 15) is 4.79 Å². The fraction of sp³-hybridized carbons (Fsp3) is 0.941. The maximum absolute atomic E-state index is 12.4. The fourth-order valence-corrected chi connectivity index (χ4v) is 4.16. The molecule has 1 spiro atoms. The number of Topliss-reactive ketones (excluding diaryl/α,β-unsaturated/α-hetero) is 1. The minimum Gasteiger partial charge on any atom is -0.378 e. The van der Waals surface area contributed by atoms with Crippen molar-refractivity contribution in [2.75, 3.05) is 26.3 Å². The summed E-state index contributed by atoms with van der Waals surface area (Å²) in [6.45, 7) is 3.46. The van der Waals surface area contributed by atoms with Crippen LogP contribution in [0.5, 0.6) is 0 Å². The van der Waals surface area contributed by atoms with Gasteiger partial charge in [-0.3, -0.25) is 4.79 Å². The molecule has 2 saturated heterocycles. The molecule has 4 heteroatoms. The SMILES string of the molecule is O=C(CCOC1CCNCC1)C1CCOC2(CCCC2)C1. The number of carbonyl (C=O) groups excluding carboxylic acids is 1. The zero-order valence-electron chi connectivity index (χ0n) is 13.1. The third-order valence-corrected chi connectivity index (χ3v) is 5.45. The molecule has 3 fully saturated rings. The molecule has 120 valence electrons. The van der Waals surface area contributed by atoms with Crippen molar-refractivity contribution in [3.8, 4) is 0 Å². The van der Waals surface area contributed by atoms with Crippen LogP contribution >= 0.6 is 0 Å². The molecule has 0 radical (unpaired) electrons. The average molecular weight is 295 g/mol. The first-order valence-corrected chi connectivity index (χ1v) is 8.76. The van der Waals surface area contributed by atoms with E-state index in [1.165, 1.54) is 12.8 Å². The molecule has 0 aromatic heterocycles. The number of ether oxygens (including phenoxy) is 2. The van der Waals surface area contributed by atoms with Gasteiger partial charge in [-0.25, -0.2) is 0 Å². The van der Waals surface area contributed by atoms with Crippen molar-refractivity contribution >= 4 is 5.78 Å². The highest BCUT2D eigenvalue weighted by Crippen LogP contribution is 2.42. The third kappa shape index (κ3) is 4.05. The number of carbonyl (C=O) groups is 1. The Hall–Kier alpha value is -0.450. The number of piperidine rings is 1. The number of hydrogen-bond acceptors (Lipinski definition) is 4. The Balaban J connectivity index is 1.40. The highest BCUT2D eigenvalue weighted by atomic mass is 16.5. The van der Waals surface area contributed by atoms with Crippen molar-refractivity contribution < 1.29 is 14.3 Å². The Kier molecular flexibility index (Phi) is 5.30. The van der Waals surface area contributed by atoms with Gasteiger partial charge >= 0.3 is 0 Å². The van der Waals surface area contributed by atoms with Crippen molar-refractivity contribution in [1.29, 1.82) is 0 Å². The molecule has 2 aliphatic heterocycles. The molecular formula is C17H29NO3. The summed E-state index contributed by atoms with van der Waals surface area (Å²) in [5.74, 6) is 0.618. The Labute approximate surface area is 127 Å². The lowest BCUT2D eigenvalue weighted by Gasteiger charge is -2.37. The first kappa shape index (κ1) is 15.4. The van der Waals surface area contributed by atoms with Gasteiger partial charge in [0.2, 0.25) is 0 Å². The van der Waals surface area contributed by atoms with E-state index in [0.717, 1.165) is 58.2 Å². The van der Waals surface area contributed by atoms with E-state index in [1.54, 1.807) is 0 Å². The average Bonchev–Trinajstić information content (AvgIpc) is 2.96. The molecule has 1 unspecified atom stereocenters. The second-order valence-corrected chi connectivity index (χ2v) is 6.96. The molecule has 1 N–H and O–H groups in total. The van der Waals surface area contributed by atoms with Crippen LogP contribution in [0.3, 0.4) is 0 Å². The second kappa shape index (κ2) is 7.21. The molecule has 2 heterocycles. The largest absolute Gasteiger partial charge is 0.378 e. The topological polar surface area (TPSA) is 47.6 Å². The zero-order chi connectivity index (χ0) is 14.5. The van der Waals surface area contributed by atoms with Crippen LogP contribution in [0, 0.1) is 5.92 Å². The molecule has 0 aromatic rings. The van der Waals surface area contributed by atoms with E-state index in [1.807, 2.05) is 0 Å². The summed E-state index contributed by atoms with van der Waals surface area (Å²) in [7, 11) is 0. The summed E-state index contributed by atoms with van der Waals surface area (Å²) in [5.41, 5.74) is 0.0501. The number of hydrogen-bond donors (Lipinski definition) is 1. The second-order valence-electron chi connectivity index (χ2n) is 6.96. The summed E-state index contributed by atoms with van der Waals surface area (Å²) in [4.78, 5) is 12.4. The van der Waals surface area contributed by atoms with Gasteiger partial charge in [0, 0.05) is 18.9 Å². The Morgan fingerprint density at radius 3 is 2.71 bits per heavy atom. The van der Waals surface area contributed by atoms with Crippen molar-refractivity contribution in [3.63, 3.8) is 0 Å². The summed E-state index contributed by atoms with van der Waals surface area (Å²) in [6.07, 6.45) is 9.81. The van der Waals surface area contributed by atoms with Crippen LogP contribution in [0.1, 0.15) is 57.8 Å². The Morgan fingerprint density at radius 2 is 1.95 bits per heavy atom. The van der Waals surface area contributed by atoms with Gasteiger partial charge in [0.1, 0.15) is 5.78 Å². The van der Waals surface area contributed by atoms with E-state index in [4.69, 9.17) is 9.47 Å². The van der Waals surface area contributed by atoms with Crippen molar-refractivity contribution in [3.05, 3.63) is 0 Å². The van der Waals surface area contributed by atoms with Gasteiger partial charge in [-0.2, -0.15) is 0 Å². The van der Waals surface area contributed by atoms with Crippen LogP contribution in [-0.4, -0.2) is 43.8 Å². The van der Waals surface area contributed by atoms with Crippen LogP contribution in [0.25, 0.3) is 0 Å². The van der Waals surface area contributed by atoms with Crippen molar-refractivity contribution in [2.24, 2.45) is 5.92 Å². The minimum atomic E-state index is 0.0501. The quantitative estimate of drug-likeness (QED) is 0.846. The van der Waals surface area contributed by atoms with Gasteiger partial charge < -0.3 is 14.8 Å². The number of nitrogens with one attached hydrogen (secondary N) is 1. The standard InChI is InChI=1S/C17H29NO3/c19-16(6-11-20-15-3-9-18-10-4-15)14-5-12-21-17(13-14)7-1-2-8-17/h14-15,18H,1-13H2. The fourth-order valence-electron chi connectivity index (χ4n) is 4.16. The lowest BCUT2D eigenvalue weighted by Crippen LogP contribution is -2.40. The highest BCUT2D eigenvalue weighted by Gasteiger charge is 2.41. The van der Waals surface area contributed by atoms with Crippen LogP contribution in [0.2, 0.25) is 0 Å². The Morgan fingerprint density at radius 1 is 1.19 bits per heavy atom. The van der Waals surface area contributed by atoms with Crippen LogP contribution in [0.15, 0.2) is 0 Å². The summed E-state index contributed by atoms with van der Waals surface area (Å²) in [5, 5.41) is 3.33. The molecule has 3 rings (SSSR count). The third-order valence-electron chi connectivity index (χ3n) is 5.45.